The summed E-state index contributed by atoms with van der Waals surface area (Å²) in [6.07, 6.45) is 0. The minimum absolute atomic E-state index is 0.0923. The van der Waals surface area contributed by atoms with E-state index in [1.165, 1.54) is 24.3 Å². The highest BCUT2D eigenvalue weighted by Gasteiger charge is 2.18. The minimum atomic E-state index is -0.361. The molecule has 134 valence electrons. The number of nitrogens with zero attached hydrogens (tertiary/aromatic N) is 2. The third-order valence-corrected chi connectivity index (χ3v) is 4.21. The van der Waals surface area contributed by atoms with Crippen molar-refractivity contribution in [2.24, 2.45) is 0 Å². The molecule has 0 saturated carbocycles. The van der Waals surface area contributed by atoms with Crippen LogP contribution in [0.3, 0.4) is 0 Å². The molecular formula is C19H19FN4O2. The third-order valence-electron chi connectivity index (χ3n) is 4.21. The highest BCUT2D eigenvalue weighted by molar-refractivity contribution is 5.92. The van der Waals surface area contributed by atoms with Gasteiger partial charge in [-0.2, -0.15) is 0 Å². The Morgan fingerprint density at radius 2 is 1.92 bits per heavy atom. The normalized spacial score (nSPS) is 12.3. The average molecular weight is 354 g/mol. The van der Waals surface area contributed by atoms with Gasteiger partial charge in [-0.3, -0.25) is 14.5 Å². The molecule has 1 heterocycles. The Kier molecular flexibility index (Phi) is 5.09. The van der Waals surface area contributed by atoms with Gasteiger partial charge < -0.3 is 10.3 Å². The number of likely N-dealkylation sites (N-methyl/N-ethyl adjacent to an activating group) is 1. The number of fused-ring (bicyclic) bond motifs is 1. The lowest BCUT2D eigenvalue weighted by atomic mass is 10.2. The molecule has 0 radical (unpaired) electrons. The molecule has 3 aromatic rings. The quantitative estimate of drug-likeness (QED) is 0.738. The zero-order chi connectivity index (χ0) is 18.7. The van der Waals surface area contributed by atoms with E-state index in [0.29, 0.717) is 22.4 Å². The first-order valence-corrected chi connectivity index (χ1v) is 8.18. The van der Waals surface area contributed by atoms with Crippen LogP contribution in [0, 0.1) is 5.82 Å². The molecule has 0 aliphatic rings. The van der Waals surface area contributed by atoms with E-state index in [1.54, 1.807) is 30.1 Å². The van der Waals surface area contributed by atoms with E-state index >= 15 is 0 Å². The molecule has 3 rings (SSSR count). The molecule has 2 N–H and O–H groups in total. The van der Waals surface area contributed by atoms with E-state index in [0.717, 1.165) is 0 Å². The number of aromatic nitrogens is 2. The molecular weight excluding hydrogens is 335 g/mol. The Morgan fingerprint density at radius 3 is 2.65 bits per heavy atom. The Hall–Kier alpha value is -3.06. The fourth-order valence-electron chi connectivity index (χ4n) is 2.61. The second-order valence-corrected chi connectivity index (χ2v) is 6.11. The molecule has 0 unspecified atom stereocenters. The monoisotopic (exact) mass is 354 g/mol. The zero-order valence-electron chi connectivity index (χ0n) is 14.5. The van der Waals surface area contributed by atoms with Crippen LogP contribution < -0.4 is 10.9 Å². The summed E-state index contributed by atoms with van der Waals surface area (Å²) in [6.45, 7) is 1.95. The Morgan fingerprint density at radius 1 is 1.23 bits per heavy atom. The van der Waals surface area contributed by atoms with E-state index in [2.05, 4.69) is 15.3 Å². The van der Waals surface area contributed by atoms with Crippen molar-refractivity contribution in [1.82, 2.24) is 14.9 Å². The Labute approximate surface area is 149 Å². The highest BCUT2D eigenvalue weighted by atomic mass is 19.1. The number of halogens is 1. The number of H-pyrrole nitrogens is 1. The minimum Gasteiger partial charge on any atom is -0.325 e. The summed E-state index contributed by atoms with van der Waals surface area (Å²) in [6, 6.07) is 12.4. The molecule has 1 amide bonds. The van der Waals surface area contributed by atoms with Gasteiger partial charge in [0.15, 0.2) is 0 Å². The van der Waals surface area contributed by atoms with E-state index in [1.807, 2.05) is 13.0 Å². The van der Waals surface area contributed by atoms with Gasteiger partial charge in [0.1, 0.15) is 11.6 Å². The summed E-state index contributed by atoms with van der Waals surface area (Å²) < 4.78 is 12.9. The van der Waals surface area contributed by atoms with Crippen molar-refractivity contribution < 1.29 is 9.18 Å². The van der Waals surface area contributed by atoms with Crippen LogP contribution >= 0.6 is 0 Å². The number of nitrogens with one attached hydrogen (secondary N) is 2. The molecule has 7 heteroatoms. The number of amides is 1. The molecule has 0 spiro atoms. The van der Waals surface area contributed by atoms with Crippen molar-refractivity contribution in [2.75, 3.05) is 18.9 Å². The van der Waals surface area contributed by atoms with Crippen LogP contribution in [-0.4, -0.2) is 34.4 Å². The van der Waals surface area contributed by atoms with Crippen molar-refractivity contribution in [2.45, 2.75) is 13.0 Å². The second kappa shape index (κ2) is 7.45. The lowest BCUT2D eigenvalue weighted by Gasteiger charge is -2.23. The molecule has 0 bridgehead atoms. The summed E-state index contributed by atoms with van der Waals surface area (Å²) >= 11 is 0. The fourth-order valence-corrected chi connectivity index (χ4v) is 2.61. The smallest absolute Gasteiger partial charge is 0.258 e. The van der Waals surface area contributed by atoms with Gasteiger partial charge in [0, 0.05) is 5.69 Å². The number of aromatic amines is 1. The molecule has 6 nitrogen and oxygen atoms in total. The summed E-state index contributed by atoms with van der Waals surface area (Å²) in [5.74, 6) is -0.111. The van der Waals surface area contributed by atoms with Crippen molar-refractivity contribution in [3.8, 4) is 0 Å². The fraction of sp³-hybridized carbons (Fsp3) is 0.211. The second-order valence-electron chi connectivity index (χ2n) is 6.11. The van der Waals surface area contributed by atoms with Gasteiger partial charge in [0.05, 0.1) is 23.5 Å². The van der Waals surface area contributed by atoms with Crippen molar-refractivity contribution in [3.63, 3.8) is 0 Å². The number of carbonyl (C=O) groups excluding carboxylic acids is 1. The van der Waals surface area contributed by atoms with Crippen LogP contribution in [0.25, 0.3) is 10.9 Å². The van der Waals surface area contributed by atoms with Crippen LogP contribution in [0.4, 0.5) is 10.1 Å². The molecule has 0 fully saturated rings. The van der Waals surface area contributed by atoms with Crippen molar-refractivity contribution in [1.29, 1.82) is 0 Å². The SMILES string of the molecule is C[C@@H](c1nc2ccccc2c(=O)[nH]1)N(C)CC(=O)Nc1ccc(F)cc1. The topological polar surface area (TPSA) is 78.1 Å². The average Bonchev–Trinajstić information content (AvgIpc) is 2.63. The van der Waals surface area contributed by atoms with E-state index in [-0.39, 0.29) is 29.9 Å². The maximum atomic E-state index is 12.9. The summed E-state index contributed by atoms with van der Waals surface area (Å²) in [5, 5.41) is 3.24. The molecule has 26 heavy (non-hydrogen) atoms. The number of hydrogen-bond acceptors (Lipinski definition) is 4. The van der Waals surface area contributed by atoms with Gasteiger partial charge in [-0.15, -0.1) is 0 Å². The molecule has 1 aromatic heterocycles. The van der Waals surface area contributed by atoms with Crippen LogP contribution in [0.15, 0.2) is 53.3 Å². The first kappa shape index (κ1) is 17.8. The van der Waals surface area contributed by atoms with Gasteiger partial charge in [-0.25, -0.2) is 9.37 Å². The summed E-state index contributed by atoms with van der Waals surface area (Å²) in [5.41, 5.74) is 0.929. The Bertz CT molecular complexity index is 985. The van der Waals surface area contributed by atoms with Crippen LogP contribution in [0.5, 0.6) is 0 Å². The molecule has 0 saturated heterocycles. The molecule has 0 aliphatic heterocycles. The lowest BCUT2D eigenvalue weighted by Crippen LogP contribution is -2.33. The molecule has 2 aromatic carbocycles. The van der Waals surface area contributed by atoms with Crippen molar-refractivity contribution >= 4 is 22.5 Å². The number of carbonyl (C=O) groups is 1. The maximum Gasteiger partial charge on any atom is 0.258 e. The van der Waals surface area contributed by atoms with Crippen LogP contribution in [0.2, 0.25) is 0 Å². The largest absolute Gasteiger partial charge is 0.325 e. The summed E-state index contributed by atoms with van der Waals surface area (Å²) in [4.78, 5) is 33.4. The third kappa shape index (κ3) is 3.94. The predicted molar refractivity (Wildman–Crippen MR) is 98.4 cm³/mol. The number of benzene rings is 2. The van der Waals surface area contributed by atoms with Crippen molar-refractivity contribution in [3.05, 3.63) is 70.5 Å². The highest BCUT2D eigenvalue weighted by Crippen LogP contribution is 2.16. The van der Waals surface area contributed by atoms with Gasteiger partial charge in [-0.1, -0.05) is 12.1 Å². The number of hydrogen-bond donors (Lipinski definition) is 2. The maximum absolute atomic E-state index is 12.9. The van der Waals surface area contributed by atoms with E-state index in [4.69, 9.17) is 0 Å². The summed E-state index contributed by atoms with van der Waals surface area (Å²) in [7, 11) is 1.77. The van der Waals surface area contributed by atoms with Gasteiger partial charge in [0.25, 0.3) is 5.56 Å². The lowest BCUT2D eigenvalue weighted by molar-refractivity contribution is -0.117. The van der Waals surface area contributed by atoms with Gasteiger partial charge in [-0.05, 0) is 50.4 Å². The van der Waals surface area contributed by atoms with E-state index in [9.17, 15) is 14.0 Å². The van der Waals surface area contributed by atoms with E-state index < -0.39 is 0 Å². The standard InChI is InChI=1S/C19H19FN4O2/c1-12(18-22-16-6-4-3-5-15(16)19(26)23-18)24(2)11-17(25)21-14-9-7-13(20)8-10-14/h3-10,12H,11H2,1-2H3,(H,21,25)(H,22,23,26)/t12-/m0/s1. The van der Waals surface area contributed by atoms with Crippen LogP contribution in [-0.2, 0) is 4.79 Å². The Balaban J connectivity index is 1.71. The van der Waals surface area contributed by atoms with Gasteiger partial charge >= 0.3 is 0 Å². The predicted octanol–water partition coefficient (Wildman–Crippen LogP) is 2.69. The molecule has 0 aliphatic carbocycles. The molecule has 1 atom stereocenters. The number of rotatable bonds is 5. The first-order chi connectivity index (χ1) is 12.4. The van der Waals surface area contributed by atoms with Gasteiger partial charge in [0.2, 0.25) is 5.91 Å². The number of para-hydroxylation sites is 1. The number of anilines is 1. The first-order valence-electron chi connectivity index (χ1n) is 8.18. The zero-order valence-corrected chi connectivity index (χ0v) is 14.5. The van der Waals surface area contributed by atoms with Crippen LogP contribution in [0.1, 0.15) is 18.8 Å².